The second kappa shape index (κ2) is 6.36. The zero-order chi connectivity index (χ0) is 20.3. The van der Waals surface area contributed by atoms with Crippen LogP contribution in [0.4, 0.5) is 11.5 Å². The molecule has 0 radical (unpaired) electrons. The van der Waals surface area contributed by atoms with Gasteiger partial charge >= 0.3 is 0 Å². The number of carbonyl (C=O) groups excluding carboxylic acids is 2. The predicted molar refractivity (Wildman–Crippen MR) is 112 cm³/mol. The zero-order valence-corrected chi connectivity index (χ0v) is 17.0. The van der Waals surface area contributed by atoms with Crippen LogP contribution in [0.15, 0.2) is 39.2 Å². The lowest BCUT2D eigenvalue weighted by atomic mass is 9.63. The van der Waals surface area contributed by atoms with Gasteiger partial charge in [0, 0.05) is 5.69 Å². The second-order valence-corrected chi connectivity index (χ2v) is 8.39. The topological polar surface area (TPSA) is 128 Å². The number of anilines is 2. The quantitative estimate of drug-likeness (QED) is 0.393. The number of hydrogen-bond acceptors (Lipinski definition) is 8. The van der Waals surface area contributed by atoms with E-state index in [9.17, 15) is 14.4 Å². The first-order valence-electron chi connectivity index (χ1n) is 8.79. The molecule has 5 rings (SSSR count). The van der Waals surface area contributed by atoms with E-state index in [0.29, 0.717) is 21.6 Å². The molecule has 3 atom stereocenters. The number of hydrogen-bond donors (Lipinski definition) is 4. The molecule has 2 aromatic rings. The van der Waals surface area contributed by atoms with Crippen molar-refractivity contribution in [2.45, 2.75) is 16.7 Å². The Labute approximate surface area is 173 Å². The average molecular weight is 428 g/mol. The number of rotatable bonds is 1. The molecule has 4 N–H and O–H groups in total. The zero-order valence-electron chi connectivity index (χ0n) is 15.4. The number of amides is 2. The van der Waals surface area contributed by atoms with E-state index >= 15 is 0 Å². The lowest BCUT2D eigenvalue weighted by molar-refractivity contribution is -0.132. The first-order valence-corrected chi connectivity index (χ1v) is 11.2. The maximum absolute atomic E-state index is 13.5. The van der Waals surface area contributed by atoms with Gasteiger partial charge < -0.3 is 20.9 Å². The Balaban J connectivity index is 1.88. The standard InChI is InChI=1S/C18H16N6O3S2/c1-28-16-21-11-9(13(25)23-16)18(7-5-3-4-6-8(7)19-15(18)27)10-12(20-11)22-17(29-2)24-14(10)26/h3-6,9,11H,1-2H3,(H,19,27)(H,21,23,25)(H2,20,22,24,26)/t9-,11+,18?/m1/s1. The highest BCUT2D eigenvalue weighted by molar-refractivity contribution is 8.13. The SMILES string of the molecule is CSC1=N[C@@H]2Nc3nc(SC)[nH]c(=O)c3C3(C(=O)Nc4ccccc43)[C@H]2C(=O)N1. The minimum atomic E-state index is -1.53. The van der Waals surface area contributed by atoms with Gasteiger partial charge in [-0.3, -0.25) is 14.4 Å². The molecule has 0 saturated carbocycles. The minimum absolute atomic E-state index is 0.136. The van der Waals surface area contributed by atoms with Gasteiger partial charge in [0.05, 0.1) is 5.56 Å². The summed E-state index contributed by atoms with van der Waals surface area (Å²) in [6.45, 7) is 0. The maximum atomic E-state index is 13.5. The van der Waals surface area contributed by atoms with E-state index in [1.807, 2.05) is 0 Å². The summed E-state index contributed by atoms with van der Waals surface area (Å²) >= 11 is 2.58. The fourth-order valence-electron chi connectivity index (χ4n) is 4.36. The van der Waals surface area contributed by atoms with E-state index in [0.717, 1.165) is 0 Å². The molecule has 1 aromatic heterocycles. The molecule has 1 aromatic carbocycles. The van der Waals surface area contributed by atoms with Crippen LogP contribution >= 0.6 is 23.5 Å². The number of aromatic nitrogens is 2. The lowest BCUT2D eigenvalue weighted by Crippen LogP contribution is -2.63. The predicted octanol–water partition coefficient (Wildman–Crippen LogP) is 0.947. The Kier molecular flexibility index (Phi) is 4.00. The molecule has 11 heteroatoms. The highest BCUT2D eigenvalue weighted by atomic mass is 32.2. The van der Waals surface area contributed by atoms with E-state index in [1.165, 1.54) is 23.5 Å². The summed E-state index contributed by atoms with van der Waals surface area (Å²) in [5.74, 6) is -1.48. The summed E-state index contributed by atoms with van der Waals surface area (Å²) in [5, 5.41) is 9.59. The van der Waals surface area contributed by atoms with Crippen LogP contribution in [-0.4, -0.2) is 45.6 Å². The van der Waals surface area contributed by atoms with Crippen molar-refractivity contribution < 1.29 is 9.59 Å². The van der Waals surface area contributed by atoms with Gasteiger partial charge in [-0.2, -0.15) is 0 Å². The highest BCUT2D eigenvalue weighted by Crippen LogP contribution is 2.53. The Bertz CT molecular complexity index is 1160. The van der Waals surface area contributed by atoms with Crippen LogP contribution in [0.2, 0.25) is 0 Å². The smallest absolute Gasteiger partial charge is 0.258 e. The summed E-state index contributed by atoms with van der Waals surface area (Å²) in [4.78, 5) is 51.6. The summed E-state index contributed by atoms with van der Waals surface area (Å²) in [6, 6.07) is 7.10. The fourth-order valence-corrected chi connectivity index (χ4v) is 5.16. The third-order valence-electron chi connectivity index (χ3n) is 5.47. The molecule has 3 aliphatic rings. The first-order chi connectivity index (χ1) is 14.0. The lowest BCUT2D eigenvalue weighted by Gasteiger charge is -2.44. The van der Waals surface area contributed by atoms with Crippen LogP contribution < -0.4 is 21.5 Å². The number of amidine groups is 1. The van der Waals surface area contributed by atoms with E-state index in [4.69, 9.17) is 0 Å². The number of thioether (sulfide) groups is 2. The summed E-state index contributed by atoms with van der Waals surface area (Å²) in [6.07, 6.45) is 2.86. The van der Waals surface area contributed by atoms with Crippen molar-refractivity contribution in [1.82, 2.24) is 15.3 Å². The number of nitrogens with zero attached hydrogens (tertiary/aromatic N) is 2. The van der Waals surface area contributed by atoms with Crippen molar-refractivity contribution in [3.63, 3.8) is 0 Å². The number of aliphatic imine (C=N–C) groups is 1. The van der Waals surface area contributed by atoms with Gasteiger partial charge in [-0.05, 0) is 24.1 Å². The Morgan fingerprint density at radius 1 is 1.07 bits per heavy atom. The number of benzene rings is 1. The number of para-hydroxylation sites is 1. The minimum Gasteiger partial charge on any atom is -0.347 e. The molecular weight excluding hydrogens is 412 g/mol. The van der Waals surface area contributed by atoms with Crippen molar-refractivity contribution >= 4 is 52.0 Å². The Morgan fingerprint density at radius 2 is 1.86 bits per heavy atom. The number of carbonyl (C=O) groups is 2. The molecule has 1 unspecified atom stereocenters. The largest absolute Gasteiger partial charge is 0.347 e. The van der Waals surface area contributed by atoms with Crippen LogP contribution in [0, 0.1) is 5.92 Å². The van der Waals surface area contributed by atoms with Crippen molar-refractivity contribution in [3.05, 3.63) is 45.7 Å². The van der Waals surface area contributed by atoms with Crippen LogP contribution in [-0.2, 0) is 15.0 Å². The number of nitrogens with one attached hydrogen (secondary N) is 4. The molecule has 29 heavy (non-hydrogen) atoms. The molecule has 0 bridgehead atoms. The first kappa shape index (κ1) is 18.3. The van der Waals surface area contributed by atoms with Crippen molar-refractivity contribution in [1.29, 1.82) is 0 Å². The van der Waals surface area contributed by atoms with Crippen molar-refractivity contribution in [2.75, 3.05) is 23.1 Å². The summed E-state index contributed by atoms with van der Waals surface area (Å²) in [5.41, 5.74) is -0.701. The molecule has 1 spiro atoms. The van der Waals surface area contributed by atoms with E-state index in [-0.39, 0.29) is 17.3 Å². The number of H-pyrrole nitrogens is 1. The van der Waals surface area contributed by atoms with Crippen LogP contribution in [0.3, 0.4) is 0 Å². The van der Waals surface area contributed by atoms with E-state index in [1.54, 1.807) is 36.8 Å². The third-order valence-corrected chi connectivity index (χ3v) is 6.65. The molecule has 0 saturated heterocycles. The molecule has 3 aliphatic heterocycles. The maximum Gasteiger partial charge on any atom is 0.258 e. The number of aromatic amines is 1. The van der Waals surface area contributed by atoms with Crippen LogP contribution in [0.1, 0.15) is 11.1 Å². The number of fused-ring (bicyclic) bond motifs is 6. The molecule has 0 aliphatic carbocycles. The normalized spacial score (nSPS) is 26.6. The molecule has 4 heterocycles. The van der Waals surface area contributed by atoms with Gasteiger partial charge in [0.2, 0.25) is 11.8 Å². The monoisotopic (exact) mass is 428 g/mol. The second-order valence-electron chi connectivity index (χ2n) is 6.80. The molecule has 2 amide bonds. The third kappa shape index (κ3) is 2.34. The van der Waals surface area contributed by atoms with Gasteiger partial charge in [-0.1, -0.05) is 41.7 Å². The van der Waals surface area contributed by atoms with Crippen molar-refractivity contribution in [2.24, 2.45) is 10.9 Å². The summed E-state index contributed by atoms with van der Waals surface area (Å²) in [7, 11) is 0. The fraction of sp³-hybridized carbons (Fsp3) is 0.278. The van der Waals surface area contributed by atoms with Gasteiger partial charge in [0.15, 0.2) is 10.3 Å². The molecule has 0 fully saturated rings. The summed E-state index contributed by atoms with van der Waals surface area (Å²) < 4.78 is 0. The Morgan fingerprint density at radius 3 is 2.62 bits per heavy atom. The molecule has 148 valence electrons. The van der Waals surface area contributed by atoms with Gasteiger partial charge in [0.25, 0.3) is 5.56 Å². The highest BCUT2D eigenvalue weighted by Gasteiger charge is 2.64. The molecular formula is C18H16N6O3S2. The Hall–Kier alpha value is -2.79. The van der Waals surface area contributed by atoms with Crippen molar-refractivity contribution in [3.8, 4) is 0 Å². The van der Waals surface area contributed by atoms with Gasteiger partial charge in [-0.15, -0.1) is 0 Å². The van der Waals surface area contributed by atoms with Crippen LogP contribution in [0.25, 0.3) is 0 Å². The van der Waals surface area contributed by atoms with E-state index < -0.39 is 29.0 Å². The van der Waals surface area contributed by atoms with Gasteiger partial charge in [-0.25, -0.2) is 9.98 Å². The van der Waals surface area contributed by atoms with Crippen LogP contribution in [0.5, 0.6) is 0 Å². The van der Waals surface area contributed by atoms with E-state index in [2.05, 4.69) is 30.9 Å². The average Bonchev–Trinajstić information content (AvgIpc) is 2.99. The molecule has 9 nitrogen and oxygen atoms in total. The van der Waals surface area contributed by atoms with Gasteiger partial charge in [0.1, 0.15) is 23.3 Å².